The number of carbonyl (C=O) groups excluding carboxylic acids is 1. The summed E-state index contributed by atoms with van der Waals surface area (Å²) in [5.74, 6) is 0.506. The van der Waals surface area contributed by atoms with E-state index in [1.807, 2.05) is 0 Å². The third-order valence-electron chi connectivity index (χ3n) is 6.72. The van der Waals surface area contributed by atoms with Gasteiger partial charge in [-0.25, -0.2) is 0 Å². The first kappa shape index (κ1) is 22.5. The van der Waals surface area contributed by atoms with E-state index in [9.17, 15) is 14.7 Å². The Kier molecular flexibility index (Phi) is 6.29. The van der Waals surface area contributed by atoms with Crippen molar-refractivity contribution < 1.29 is 24.2 Å². The molecule has 3 aromatic carbocycles. The zero-order chi connectivity index (χ0) is 23.7. The van der Waals surface area contributed by atoms with Crippen molar-refractivity contribution in [3.8, 4) is 17.2 Å². The Labute approximate surface area is 203 Å². The van der Waals surface area contributed by atoms with Gasteiger partial charge in [0.1, 0.15) is 17.2 Å². The van der Waals surface area contributed by atoms with E-state index in [0.29, 0.717) is 58.8 Å². The maximum Gasteiger partial charge on any atom is 0.311 e. The number of ether oxygens (including phenoxy) is 2. The maximum absolute atomic E-state index is 12.7. The second-order valence-electron chi connectivity index (χ2n) is 8.98. The van der Waals surface area contributed by atoms with Crippen molar-refractivity contribution in [3.63, 3.8) is 0 Å². The molecule has 0 fully saturated rings. The minimum absolute atomic E-state index is 0.127. The summed E-state index contributed by atoms with van der Waals surface area (Å²) in [7, 11) is 0. The number of Topliss-reactive ketones (excluding diaryl/α,β-unsaturated/α-hetero) is 1. The van der Waals surface area contributed by atoms with E-state index in [-0.39, 0.29) is 5.78 Å². The monoisotopic (exact) mass is 476 g/mol. The summed E-state index contributed by atoms with van der Waals surface area (Å²) >= 11 is 6.37. The zero-order valence-corrected chi connectivity index (χ0v) is 19.4. The van der Waals surface area contributed by atoms with E-state index in [1.54, 1.807) is 36.4 Å². The van der Waals surface area contributed by atoms with Crippen LogP contribution in [0.15, 0.2) is 60.7 Å². The molecule has 34 heavy (non-hydrogen) atoms. The number of fused-ring (bicyclic) bond motifs is 2. The maximum atomic E-state index is 12.7. The van der Waals surface area contributed by atoms with Crippen LogP contribution in [0.25, 0.3) is 0 Å². The fourth-order valence-electron chi connectivity index (χ4n) is 4.89. The first-order valence-corrected chi connectivity index (χ1v) is 11.9. The summed E-state index contributed by atoms with van der Waals surface area (Å²) in [5.41, 5.74) is 4.03. The van der Waals surface area contributed by atoms with Crippen molar-refractivity contribution in [3.05, 3.63) is 87.9 Å². The molecule has 174 valence electrons. The number of halogens is 1. The highest BCUT2D eigenvalue weighted by atomic mass is 35.5. The Bertz CT molecular complexity index is 1210. The normalized spacial score (nSPS) is 16.9. The van der Waals surface area contributed by atoms with E-state index in [2.05, 4.69) is 24.3 Å². The average molecular weight is 477 g/mol. The van der Waals surface area contributed by atoms with Gasteiger partial charge < -0.3 is 14.6 Å². The second-order valence-corrected chi connectivity index (χ2v) is 9.39. The van der Waals surface area contributed by atoms with Gasteiger partial charge in [-0.3, -0.25) is 9.59 Å². The molecule has 6 heteroatoms. The predicted octanol–water partition coefficient (Wildman–Crippen LogP) is 6.46. The van der Waals surface area contributed by atoms with Crippen LogP contribution in [0.2, 0.25) is 5.02 Å². The minimum Gasteiger partial charge on any atom is -0.493 e. The van der Waals surface area contributed by atoms with Crippen LogP contribution in [0.4, 0.5) is 0 Å². The fraction of sp³-hybridized carbons (Fsp3) is 0.286. The van der Waals surface area contributed by atoms with Crippen molar-refractivity contribution in [2.24, 2.45) is 5.92 Å². The highest BCUT2D eigenvalue weighted by molar-refractivity contribution is 6.32. The molecule has 1 atom stereocenters. The van der Waals surface area contributed by atoms with E-state index >= 15 is 0 Å². The van der Waals surface area contributed by atoms with Gasteiger partial charge in [-0.1, -0.05) is 35.9 Å². The Morgan fingerprint density at radius 1 is 1.03 bits per heavy atom. The number of rotatable bonds is 7. The highest BCUT2D eigenvalue weighted by Crippen LogP contribution is 2.42. The van der Waals surface area contributed by atoms with Crippen molar-refractivity contribution >= 4 is 23.4 Å². The molecule has 0 bridgehead atoms. The van der Waals surface area contributed by atoms with Gasteiger partial charge in [0.15, 0.2) is 5.78 Å². The van der Waals surface area contributed by atoms with E-state index in [1.165, 1.54) is 11.1 Å². The van der Waals surface area contributed by atoms with Crippen molar-refractivity contribution in [1.82, 2.24) is 0 Å². The van der Waals surface area contributed by atoms with Crippen LogP contribution in [0.1, 0.15) is 52.2 Å². The summed E-state index contributed by atoms with van der Waals surface area (Å²) in [6.07, 6.45) is 3.91. The molecule has 1 heterocycles. The molecule has 5 rings (SSSR count). The summed E-state index contributed by atoms with van der Waals surface area (Å²) < 4.78 is 11.5. The Morgan fingerprint density at radius 2 is 1.74 bits per heavy atom. The van der Waals surface area contributed by atoms with Crippen LogP contribution in [0, 0.1) is 5.92 Å². The average Bonchev–Trinajstić information content (AvgIpc) is 3.26. The molecular weight excluding hydrogens is 452 g/mol. The van der Waals surface area contributed by atoms with E-state index < -0.39 is 11.9 Å². The Hall–Kier alpha value is -3.31. The number of ketones is 1. The molecule has 0 radical (unpaired) electrons. The highest BCUT2D eigenvalue weighted by Gasteiger charge is 2.29. The van der Waals surface area contributed by atoms with Crippen molar-refractivity contribution in [2.75, 3.05) is 6.61 Å². The summed E-state index contributed by atoms with van der Waals surface area (Å²) in [6.45, 7) is 0.328. The van der Waals surface area contributed by atoms with Gasteiger partial charge in [0.2, 0.25) is 0 Å². The molecule has 0 aromatic heterocycles. The second kappa shape index (κ2) is 9.51. The topological polar surface area (TPSA) is 72.8 Å². The molecule has 1 unspecified atom stereocenters. The number of carboxylic acid groups (broad SMARTS) is 1. The molecule has 1 aliphatic carbocycles. The SMILES string of the molecule is O=C(CCC1Cc2ccccc2C1)c1ccc(Oc2cc3c(cc2Cl)C(C(=O)O)CCO3)cc1. The summed E-state index contributed by atoms with van der Waals surface area (Å²) in [4.78, 5) is 24.2. The molecule has 5 nitrogen and oxygen atoms in total. The standard InChI is InChI=1S/C28H25ClO5/c29-24-15-23-22(28(31)32)11-12-33-26(23)16-27(24)34-21-8-6-18(7-9-21)25(30)10-5-17-13-19-3-1-2-4-20(19)14-17/h1-4,6-9,15-17,22H,5,10-14H2,(H,31,32). The van der Waals surface area contributed by atoms with Gasteiger partial charge in [-0.2, -0.15) is 0 Å². The molecule has 2 aliphatic rings. The molecule has 3 aromatic rings. The number of hydrogen-bond acceptors (Lipinski definition) is 4. The first-order valence-electron chi connectivity index (χ1n) is 11.5. The summed E-state index contributed by atoms with van der Waals surface area (Å²) in [5, 5.41) is 9.75. The largest absolute Gasteiger partial charge is 0.493 e. The van der Waals surface area contributed by atoms with Crippen LogP contribution in [-0.4, -0.2) is 23.5 Å². The lowest BCUT2D eigenvalue weighted by Crippen LogP contribution is -2.20. The van der Waals surface area contributed by atoms with Crippen LogP contribution in [0.3, 0.4) is 0 Å². The summed E-state index contributed by atoms with van der Waals surface area (Å²) in [6, 6.07) is 18.8. The van der Waals surface area contributed by atoms with Gasteiger partial charge in [-0.15, -0.1) is 0 Å². The lowest BCUT2D eigenvalue weighted by molar-refractivity contribution is -0.139. The van der Waals surface area contributed by atoms with E-state index in [4.69, 9.17) is 21.1 Å². The number of hydrogen-bond donors (Lipinski definition) is 1. The zero-order valence-electron chi connectivity index (χ0n) is 18.6. The molecule has 0 saturated carbocycles. The van der Waals surface area contributed by atoms with E-state index in [0.717, 1.165) is 19.3 Å². The minimum atomic E-state index is -0.896. The molecule has 0 amide bonds. The molecule has 0 saturated heterocycles. The van der Waals surface area contributed by atoms with Gasteiger partial charge in [-0.05, 0) is 73.1 Å². The Morgan fingerprint density at radius 3 is 2.41 bits per heavy atom. The van der Waals surface area contributed by atoms with Gasteiger partial charge in [0.25, 0.3) is 0 Å². The first-order chi connectivity index (χ1) is 16.5. The lowest BCUT2D eigenvalue weighted by atomic mass is 9.93. The van der Waals surface area contributed by atoms with Crippen molar-refractivity contribution in [1.29, 1.82) is 0 Å². The van der Waals surface area contributed by atoms with Gasteiger partial charge >= 0.3 is 5.97 Å². The molecule has 0 spiro atoms. The number of benzene rings is 3. The van der Waals surface area contributed by atoms with Crippen LogP contribution in [-0.2, 0) is 17.6 Å². The molecule has 1 aliphatic heterocycles. The van der Waals surface area contributed by atoms with Crippen LogP contribution >= 0.6 is 11.6 Å². The number of carboxylic acids is 1. The van der Waals surface area contributed by atoms with Gasteiger partial charge in [0.05, 0.1) is 17.5 Å². The van der Waals surface area contributed by atoms with Crippen molar-refractivity contribution in [2.45, 2.75) is 38.0 Å². The van der Waals surface area contributed by atoms with Crippen LogP contribution in [0.5, 0.6) is 17.2 Å². The third-order valence-corrected chi connectivity index (χ3v) is 7.02. The van der Waals surface area contributed by atoms with Crippen LogP contribution < -0.4 is 9.47 Å². The Balaban J connectivity index is 1.21. The lowest BCUT2D eigenvalue weighted by Gasteiger charge is -2.24. The molecular formula is C28H25ClO5. The molecule has 1 N–H and O–H groups in total. The quantitative estimate of drug-likeness (QED) is 0.396. The fourth-order valence-corrected chi connectivity index (χ4v) is 5.10. The third kappa shape index (κ3) is 4.66. The van der Waals surface area contributed by atoms with Gasteiger partial charge in [0, 0.05) is 23.6 Å². The predicted molar refractivity (Wildman–Crippen MR) is 129 cm³/mol. The number of aliphatic carboxylic acids is 1. The smallest absolute Gasteiger partial charge is 0.311 e. The number of carbonyl (C=O) groups is 2.